The summed E-state index contributed by atoms with van der Waals surface area (Å²) in [5, 5.41) is 7.75. The minimum atomic E-state index is 0. The second-order valence-electron chi connectivity index (χ2n) is 8.76. The lowest BCUT2D eigenvalue weighted by Gasteiger charge is -2.39. The van der Waals surface area contributed by atoms with E-state index in [0.29, 0.717) is 18.4 Å². The minimum absolute atomic E-state index is 0. The van der Waals surface area contributed by atoms with Crippen LogP contribution in [0.15, 0.2) is 17.4 Å². The highest BCUT2D eigenvalue weighted by Crippen LogP contribution is 2.21. The molecule has 8 nitrogen and oxygen atoms in total. The fourth-order valence-corrected chi connectivity index (χ4v) is 4.48. The first-order valence-electron chi connectivity index (χ1n) is 10.9. The average molecular weight is 531 g/mol. The van der Waals surface area contributed by atoms with Crippen LogP contribution in [0.1, 0.15) is 25.8 Å². The predicted molar refractivity (Wildman–Crippen MR) is 131 cm³/mol. The third-order valence-corrected chi connectivity index (χ3v) is 5.85. The van der Waals surface area contributed by atoms with Crippen molar-refractivity contribution in [3.05, 3.63) is 18.0 Å². The van der Waals surface area contributed by atoms with Crippen LogP contribution in [-0.2, 0) is 11.3 Å². The monoisotopic (exact) mass is 531 g/mol. The lowest BCUT2D eigenvalue weighted by molar-refractivity contribution is -0.135. The third kappa shape index (κ3) is 7.11. The summed E-state index contributed by atoms with van der Waals surface area (Å²) in [6.45, 7) is 14.1. The SMILES string of the molecule is CN=C(NCCn1cc(C)cn1)N1CCN(CC(=O)N2CC(C)CC(C)C2)CC1.I. The van der Waals surface area contributed by atoms with Gasteiger partial charge in [0.2, 0.25) is 5.91 Å². The Morgan fingerprint density at radius 1 is 1.17 bits per heavy atom. The number of carbonyl (C=O) groups excluding carboxylic acids is 1. The molecule has 0 bridgehead atoms. The molecule has 2 unspecified atom stereocenters. The number of piperidine rings is 1. The van der Waals surface area contributed by atoms with Crippen LogP contribution in [-0.4, -0.2) is 95.8 Å². The summed E-state index contributed by atoms with van der Waals surface area (Å²) in [6, 6.07) is 0. The van der Waals surface area contributed by atoms with Crippen LogP contribution >= 0.6 is 24.0 Å². The maximum Gasteiger partial charge on any atom is 0.236 e. The highest BCUT2D eigenvalue weighted by Gasteiger charge is 2.27. The zero-order valence-electron chi connectivity index (χ0n) is 18.9. The van der Waals surface area contributed by atoms with Gasteiger partial charge in [0.15, 0.2) is 5.96 Å². The largest absolute Gasteiger partial charge is 0.354 e. The van der Waals surface area contributed by atoms with E-state index in [-0.39, 0.29) is 29.9 Å². The Labute approximate surface area is 198 Å². The molecule has 0 saturated carbocycles. The summed E-state index contributed by atoms with van der Waals surface area (Å²) >= 11 is 0. The van der Waals surface area contributed by atoms with Gasteiger partial charge in [-0.15, -0.1) is 24.0 Å². The molecule has 9 heteroatoms. The molecule has 1 aromatic rings. The van der Waals surface area contributed by atoms with E-state index in [1.54, 1.807) is 0 Å². The number of carbonyl (C=O) groups is 1. The van der Waals surface area contributed by atoms with E-state index >= 15 is 0 Å². The standard InChI is InChI=1S/C21H37N7O.HI/c1-17-11-18(2)14-27(13-17)20(29)16-25-7-9-26(10-8-25)21(22-4)23-5-6-28-15-19(3)12-24-28;/h12,15,17-18H,5-11,13-14,16H2,1-4H3,(H,22,23);1H. The molecule has 1 N–H and O–H groups in total. The summed E-state index contributed by atoms with van der Waals surface area (Å²) in [5.41, 5.74) is 1.17. The maximum absolute atomic E-state index is 12.7. The molecule has 2 aliphatic heterocycles. The second kappa shape index (κ2) is 11.9. The van der Waals surface area contributed by atoms with Crippen molar-refractivity contribution in [1.29, 1.82) is 0 Å². The molecular weight excluding hydrogens is 493 g/mol. The number of halogens is 1. The Morgan fingerprint density at radius 2 is 1.83 bits per heavy atom. The lowest BCUT2D eigenvalue weighted by atomic mass is 9.92. The van der Waals surface area contributed by atoms with Gasteiger partial charge in [-0.25, -0.2) is 0 Å². The van der Waals surface area contributed by atoms with Gasteiger partial charge < -0.3 is 15.1 Å². The van der Waals surface area contributed by atoms with Gasteiger partial charge in [-0.3, -0.25) is 19.4 Å². The first-order valence-corrected chi connectivity index (χ1v) is 10.9. The number of guanidine groups is 1. The maximum atomic E-state index is 12.7. The summed E-state index contributed by atoms with van der Waals surface area (Å²) in [6.07, 6.45) is 5.15. The van der Waals surface area contributed by atoms with Gasteiger partial charge >= 0.3 is 0 Å². The number of aryl methyl sites for hydroxylation is 1. The van der Waals surface area contributed by atoms with E-state index in [9.17, 15) is 4.79 Å². The first kappa shape index (κ1) is 24.9. The lowest BCUT2D eigenvalue weighted by Crippen LogP contribution is -2.55. The van der Waals surface area contributed by atoms with Crippen LogP contribution in [0.5, 0.6) is 0 Å². The van der Waals surface area contributed by atoms with Crippen LogP contribution in [0.25, 0.3) is 0 Å². The van der Waals surface area contributed by atoms with Crippen molar-refractivity contribution in [2.45, 2.75) is 33.7 Å². The Hall–Kier alpha value is -1.36. The summed E-state index contributed by atoms with van der Waals surface area (Å²) in [5.74, 6) is 2.44. The zero-order valence-corrected chi connectivity index (χ0v) is 21.2. The molecule has 3 heterocycles. The smallest absolute Gasteiger partial charge is 0.236 e. The number of likely N-dealkylation sites (tertiary alicyclic amines) is 1. The van der Waals surface area contributed by atoms with Crippen LogP contribution in [0.3, 0.4) is 0 Å². The zero-order chi connectivity index (χ0) is 20.8. The predicted octanol–water partition coefficient (Wildman–Crippen LogP) is 1.51. The average Bonchev–Trinajstić information content (AvgIpc) is 3.10. The normalized spacial score (nSPS) is 23.3. The van der Waals surface area contributed by atoms with E-state index in [2.05, 4.69) is 44.0 Å². The molecule has 1 aromatic heterocycles. The van der Waals surface area contributed by atoms with Gasteiger partial charge in [0.05, 0.1) is 19.3 Å². The molecule has 30 heavy (non-hydrogen) atoms. The molecule has 1 amide bonds. The molecule has 0 radical (unpaired) electrons. The Bertz CT molecular complexity index is 689. The number of nitrogens with zero attached hydrogens (tertiary/aromatic N) is 6. The molecule has 0 aliphatic carbocycles. The van der Waals surface area contributed by atoms with E-state index in [0.717, 1.165) is 58.3 Å². The van der Waals surface area contributed by atoms with Gasteiger partial charge in [0, 0.05) is 59.1 Å². The van der Waals surface area contributed by atoms with Gasteiger partial charge in [-0.1, -0.05) is 13.8 Å². The van der Waals surface area contributed by atoms with E-state index in [4.69, 9.17) is 0 Å². The second-order valence-corrected chi connectivity index (χ2v) is 8.76. The van der Waals surface area contributed by atoms with E-state index in [1.165, 1.54) is 12.0 Å². The molecule has 0 spiro atoms. The third-order valence-electron chi connectivity index (χ3n) is 5.85. The van der Waals surface area contributed by atoms with Crippen LogP contribution < -0.4 is 5.32 Å². The summed E-state index contributed by atoms with van der Waals surface area (Å²) in [4.78, 5) is 23.8. The molecule has 2 aliphatic rings. The number of piperazine rings is 1. The molecule has 3 rings (SSSR count). The fourth-order valence-electron chi connectivity index (χ4n) is 4.48. The van der Waals surface area contributed by atoms with Crippen LogP contribution in [0.2, 0.25) is 0 Å². The van der Waals surface area contributed by atoms with Crippen molar-refractivity contribution in [1.82, 2.24) is 29.8 Å². The van der Waals surface area contributed by atoms with Crippen molar-refractivity contribution < 1.29 is 4.79 Å². The molecule has 2 atom stereocenters. The summed E-state index contributed by atoms with van der Waals surface area (Å²) < 4.78 is 1.95. The van der Waals surface area contributed by atoms with E-state index in [1.807, 2.05) is 31.0 Å². The van der Waals surface area contributed by atoms with Crippen LogP contribution in [0.4, 0.5) is 0 Å². The van der Waals surface area contributed by atoms with Gasteiger partial charge in [0.25, 0.3) is 0 Å². The molecule has 2 saturated heterocycles. The number of aromatic nitrogens is 2. The molecule has 2 fully saturated rings. The van der Waals surface area contributed by atoms with Crippen molar-refractivity contribution in [3.8, 4) is 0 Å². The molecule has 0 aromatic carbocycles. The van der Waals surface area contributed by atoms with Crippen LogP contribution in [0, 0.1) is 18.8 Å². The summed E-state index contributed by atoms with van der Waals surface area (Å²) in [7, 11) is 1.83. The van der Waals surface area contributed by atoms with Gasteiger partial charge in [-0.2, -0.15) is 5.10 Å². The fraction of sp³-hybridized carbons (Fsp3) is 0.762. The Kier molecular flexibility index (Phi) is 9.86. The van der Waals surface area contributed by atoms with E-state index < -0.39 is 0 Å². The first-order chi connectivity index (χ1) is 13.9. The van der Waals surface area contributed by atoms with Crippen molar-refractivity contribution in [3.63, 3.8) is 0 Å². The van der Waals surface area contributed by atoms with Crippen molar-refractivity contribution >= 4 is 35.8 Å². The number of aliphatic imine (C=N–C) groups is 1. The minimum Gasteiger partial charge on any atom is -0.354 e. The number of hydrogen-bond donors (Lipinski definition) is 1. The Balaban J connectivity index is 0.00000320. The number of rotatable bonds is 5. The highest BCUT2D eigenvalue weighted by molar-refractivity contribution is 14.0. The Morgan fingerprint density at radius 3 is 2.40 bits per heavy atom. The van der Waals surface area contributed by atoms with Gasteiger partial charge in [-0.05, 0) is 30.7 Å². The van der Waals surface area contributed by atoms with Crippen molar-refractivity contribution in [2.24, 2.45) is 16.8 Å². The highest BCUT2D eigenvalue weighted by atomic mass is 127. The number of amides is 1. The van der Waals surface area contributed by atoms with Crippen molar-refractivity contribution in [2.75, 3.05) is 59.4 Å². The molecule has 170 valence electrons. The number of hydrogen-bond acceptors (Lipinski definition) is 4. The topological polar surface area (TPSA) is 69.0 Å². The van der Waals surface area contributed by atoms with Gasteiger partial charge in [0.1, 0.15) is 0 Å². The molecular formula is C21H38IN7O. The number of nitrogens with one attached hydrogen (secondary N) is 1. The quantitative estimate of drug-likeness (QED) is 0.355.